The minimum atomic E-state index is -0.866. The number of carboxylic acids is 1. The van der Waals surface area contributed by atoms with Gasteiger partial charge in [-0.15, -0.1) is 0 Å². The first-order chi connectivity index (χ1) is 9.22. The van der Waals surface area contributed by atoms with E-state index in [1.807, 2.05) is 24.3 Å². The zero-order valence-electron chi connectivity index (χ0n) is 10.1. The Morgan fingerprint density at radius 1 is 1.11 bits per heavy atom. The van der Waals surface area contributed by atoms with E-state index < -0.39 is 5.97 Å². The third kappa shape index (κ3) is 2.38. The van der Waals surface area contributed by atoms with Crippen LogP contribution in [0.3, 0.4) is 0 Å². The van der Waals surface area contributed by atoms with Crippen molar-refractivity contribution in [1.29, 1.82) is 0 Å². The van der Waals surface area contributed by atoms with Crippen molar-refractivity contribution in [1.82, 2.24) is 0 Å². The van der Waals surface area contributed by atoms with E-state index in [1.165, 1.54) is 0 Å². The van der Waals surface area contributed by atoms with E-state index in [4.69, 9.17) is 14.6 Å². The lowest BCUT2D eigenvalue weighted by molar-refractivity contribution is -0.136. The number of benzene rings is 2. The molecule has 0 atom stereocenters. The third-order valence-electron chi connectivity index (χ3n) is 2.94. The van der Waals surface area contributed by atoms with Crippen LogP contribution in [-0.2, 0) is 17.8 Å². The second-order valence-corrected chi connectivity index (χ2v) is 4.35. The van der Waals surface area contributed by atoms with Gasteiger partial charge in [-0.2, -0.15) is 0 Å². The molecule has 1 aliphatic rings. The molecule has 1 heterocycles. The Hall–Kier alpha value is -2.49. The second kappa shape index (κ2) is 4.65. The quantitative estimate of drug-likeness (QED) is 0.897. The van der Waals surface area contributed by atoms with E-state index >= 15 is 0 Å². The number of para-hydroxylation sites is 1. The molecule has 0 saturated carbocycles. The molecule has 2 aromatic rings. The fraction of sp³-hybridized carbons (Fsp3) is 0.133. The average Bonchev–Trinajstić information content (AvgIpc) is 2.56. The van der Waals surface area contributed by atoms with Crippen LogP contribution in [0.1, 0.15) is 11.1 Å². The molecule has 0 saturated heterocycles. The molecule has 0 radical (unpaired) electrons. The standard InChI is InChI=1S/C15H12O4/c16-15(17)8-10-5-6-13-14(7-10)19-12-4-2-1-3-11(12)9-18-13/h1-7H,8-9H2,(H,16,17). The highest BCUT2D eigenvalue weighted by molar-refractivity contribution is 5.70. The van der Waals surface area contributed by atoms with Gasteiger partial charge in [-0.1, -0.05) is 24.3 Å². The molecule has 4 nitrogen and oxygen atoms in total. The predicted octanol–water partition coefficient (Wildman–Crippen LogP) is 3.00. The summed E-state index contributed by atoms with van der Waals surface area (Å²) in [5.41, 5.74) is 1.66. The second-order valence-electron chi connectivity index (χ2n) is 4.35. The Kier molecular flexibility index (Phi) is 2.83. The number of carboxylic acid groups (broad SMARTS) is 1. The maximum atomic E-state index is 10.7. The van der Waals surface area contributed by atoms with Gasteiger partial charge in [0.05, 0.1) is 6.42 Å². The highest BCUT2D eigenvalue weighted by Gasteiger charge is 2.16. The van der Waals surface area contributed by atoms with E-state index in [9.17, 15) is 4.79 Å². The summed E-state index contributed by atoms with van der Waals surface area (Å²) in [7, 11) is 0. The van der Waals surface area contributed by atoms with Gasteiger partial charge < -0.3 is 14.6 Å². The lowest BCUT2D eigenvalue weighted by atomic mass is 10.1. The molecular weight excluding hydrogens is 244 g/mol. The van der Waals surface area contributed by atoms with Crippen LogP contribution in [0.15, 0.2) is 42.5 Å². The van der Waals surface area contributed by atoms with Crippen LogP contribution in [0, 0.1) is 0 Å². The van der Waals surface area contributed by atoms with E-state index in [1.54, 1.807) is 18.2 Å². The summed E-state index contributed by atoms with van der Waals surface area (Å²) in [5, 5.41) is 8.81. The molecule has 0 fully saturated rings. The van der Waals surface area contributed by atoms with Gasteiger partial charge in [-0.25, -0.2) is 0 Å². The number of carbonyl (C=O) groups is 1. The summed E-state index contributed by atoms with van der Waals surface area (Å²) in [5.74, 6) is 1.07. The van der Waals surface area contributed by atoms with Gasteiger partial charge in [-0.3, -0.25) is 4.79 Å². The van der Waals surface area contributed by atoms with Crippen LogP contribution >= 0.6 is 0 Å². The number of aliphatic carboxylic acids is 1. The van der Waals surface area contributed by atoms with E-state index in [0.717, 1.165) is 11.3 Å². The Labute approximate surface area is 110 Å². The predicted molar refractivity (Wildman–Crippen MR) is 68.6 cm³/mol. The first kappa shape index (κ1) is 11.6. The van der Waals surface area contributed by atoms with E-state index in [0.29, 0.717) is 23.7 Å². The summed E-state index contributed by atoms with van der Waals surface area (Å²) in [6.45, 7) is 0.446. The number of fused-ring (bicyclic) bond motifs is 2. The largest absolute Gasteiger partial charge is 0.485 e. The van der Waals surface area contributed by atoms with Crippen LogP contribution in [0.2, 0.25) is 0 Å². The van der Waals surface area contributed by atoms with E-state index in [-0.39, 0.29) is 6.42 Å². The van der Waals surface area contributed by atoms with Gasteiger partial charge in [0.25, 0.3) is 0 Å². The number of rotatable bonds is 2. The van der Waals surface area contributed by atoms with Crippen LogP contribution in [0.4, 0.5) is 0 Å². The number of hydrogen-bond acceptors (Lipinski definition) is 3. The zero-order chi connectivity index (χ0) is 13.2. The molecule has 0 spiro atoms. The van der Waals surface area contributed by atoms with Crippen LogP contribution in [0.25, 0.3) is 0 Å². The molecule has 4 heteroatoms. The fourth-order valence-corrected chi connectivity index (χ4v) is 2.03. The normalized spacial score (nSPS) is 12.4. The summed E-state index contributed by atoms with van der Waals surface area (Å²) >= 11 is 0. The summed E-state index contributed by atoms with van der Waals surface area (Å²) < 4.78 is 11.5. The first-order valence-corrected chi connectivity index (χ1v) is 5.95. The van der Waals surface area contributed by atoms with Gasteiger partial charge in [0.15, 0.2) is 11.5 Å². The minimum Gasteiger partial charge on any atom is -0.485 e. The van der Waals surface area contributed by atoms with Crippen molar-refractivity contribution in [2.45, 2.75) is 13.0 Å². The lowest BCUT2D eigenvalue weighted by Gasteiger charge is -2.08. The third-order valence-corrected chi connectivity index (χ3v) is 2.94. The van der Waals surface area contributed by atoms with Crippen molar-refractivity contribution < 1.29 is 19.4 Å². The van der Waals surface area contributed by atoms with Crippen molar-refractivity contribution >= 4 is 5.97 Å². The maximum absolute atomic E-state index is 10.7. The van der Waals surface area contributed by atoms with Gasteiger partial charge in [0, 0.05) is 5.56 Å². The molecular formula is C15H12O4. The van der Waals surface area contributed by atoms with Crippen LogP contribution in [-0.4, -0.2) is 11.1 Å². The Balaban J connectivity index is 1.97. The summed E-state index contributed by atoms with van der Waals surface area (Å²) in [6, 6.07) is 12.8. The molecule has 1 aliphatic heterocycles. The first-order valence-electron chi connectivity index (χ1n) is 5.95. The summed E-state index contributed by atoms with van der Waals surface area (Å²) in [4.78, 5) is 10.7. The molecule has 0 aliphatic carbocycles. The van der Waals surface area contributed by atoms with Crippen molar-refractivity contribution in [3.8, 4) is 17.2 Å². The van der Waals surface area contributed by atoms with Gasteiger partial charge in [0.2, 0.25) is 0 Å². The van der Waals surface area contributed by atoms with Crippen LogP contribution in [0.5, 0.6) is 17.2 Å². The topological polar surface area (TPSA) is 55.8 Å². The molecule has 1 N–H and O–H groups in total. The monoisotopic (exact) mass is 256 g/mol. The highest BCUT2D eigenvalue weighted by Crippen LogP contribution is 2.37. The number of ether oxygens (including phenoxy) is 2. The van der Waals surface area contributed by atoms with Crippen molar-refractivity contribution in [3.05, 3.63) is 53.6 Å². The van der Waals surface area contributed by atoms with E-state index in [2.05, 4.69) is 0 Å². The SMILES string of the molecule is O=C(O)Cc1ccc2c(c1)Oc1ccccc1CO2. The lowest BCUT2D eigenvalue weighted by Crippen LogP contribution is -2.00. The molecule has 0 amide bonds. The molecule has 0 unspecified atom stereocenters. The van der Waals surface area contributed by atoms with Crippen LogP contribution < -0.4 is 9.47 Å². The molecule has 19 heavy (non-hydrogen) atoms. The fourth-order valence-electron chi connectivity index (χ4n) is 2.03. The van der Waals surface area contributed by atoms with Gasteiger partial charge >= 0.3 is 5.97 Å². The summed E-state index contributed by atoms with van der Waals surface area (Å²) in [6.07, 6.45) is -0.0295. The molecule has 3 rings (SSSR count). The van der Waals surface area contributed by atoms with Crippen molar-refractivity contribution in [3.63, 3.8) is 0 Å². The maximum Gasteiger partial charge on any atom is 0.307 e. The minimum absolute atomic E-state index is 0.0295. The van der Waals surface area contributed by atoms with Crippen molar-refractivity contribution in [2.75, 3.05) is 0 Å². The highest BCUT2D eigenvalue weighted by atomic mass is 16.5. The molecule has 0 bridgehead atoms. The Morgan fingerprint density at radius 2 is 1.95 bits per heavy atom. The Bertz CT molecular complexity index is 634. The molecule has 2 aromatic carbocycles. The average molecular weight is 256 g/mol. The van der Waals surface area contributed by atoms with Gasteiger partial charge in [0.1, 0.15) is 12.4 Å². The molecule has 96 valence electrons. The molecule has 0 aromatic heterocycles. The van der Waals surface area contributed by atoms with Crippen molar-refractivity contribution in [2.24, 2.45) is 0 Å². The number of hydrogen-bond donors (Lipinski definition) is 1. The smallest absolute Gasteiger partial charge is 0.307 e. The Morgan fingerprint density at radius 3 is 2.79 bits per heavy atom. The van der Waals surface area contributed by atoms with Gasteiger partial charge in [-0.05, 0) is 23.8 Å². The zero-order valence-corrected chi connectivity index (χ0v) is 10.1.